The summed E-state index contributed by atoms with van der Waals surface area (Å²) in [6.07, 6.45) is 0. The number of hydrogen-bond acceptors (Lipinski definition) is 4. The molecule has 4 nitrogen and oxygen atoms in total. The van der Waals surface area contributed by atoms with Gasteiger partial charge in [-0.05, 0) is 43.7 Å². The zero-order valence-corrected chi connectivity index (χ0v) is 12.7. The lowest BCUT2D eigenvalue weighted by Crippen LogP contribution is -2.29. The van der Waals surface area contributed by atoms with E-state index < -0.39 is 0 Å². The SMILES string of the molecule is CC1=C(c2cccc(C#N)c2)N(Nc2cccc(C)c2)CN1. The molecule has 0 atom stereocenters. The predicted octanol–water partition coefficient (Wildman–Crippen LogP) is 3.45. The molecule has 110 valence electrons. The van der Waals surface area contributed by atoms with Crippen LogP contribution in [0.25, 0.3) is 5.70 Å². The first-order valence-electron chi connectivity index (χ1n) is 7.23. The molecule has 2 aromatic carbocycles. The molecule has 0 aliphatic carbocycles. The van der Waals surface area contributed by atoms with Crippen molar-refractivity contribution in [2.24, 2.45) is 0 Å². The number of hydrogen-bond donors (Lipinski definition) is 2. The minimum Gasteiger partial charge on any atom is -0.368 e. The first kappa shape index (κ1) is 14.0. The van der Waals surface area contributed by atoms with E-state index in [1.54, 1.807) is 0 Å². The second kappa shape index (κ2) is 5.82. The minimum absolute atomic E-state index is 0.667. The number of rotatable bonds is 3. The molecule has 0 saturated carbocycles. The second-order valence-electron chi connectivity index (χ2n) is 5.41. The van der Waals surface area contributed by atoms with Gasteiger partial charge in [0.1, 0.15) is 6.67 Å². The van der Waals surface area contributed by atoms with Crippen molar-refractivity contribution in [3.8, 4) is 6.07 Å². The minimum atomic E-state index is 0.667. The van der Waals surface area contributed by atoms with Gasteiger partial charge in [-0.1, -0.05) is 24.3 Å². The molecule has 4 heteroatoms. The van der Waals surface area contributed by atoms with E-state index in [4.69, 9.17) is 5.26 Å². The van der Waals surface area contributed by atoms with Gasteiger partial charge < -0.3 is 5.32 Å². The van der Waals surface area contributed by atoms with Crippen LogP contribution in [0.4, 0.5) is 5.69 Å². The molecular formula is C18H18N4. The van der Waals surface area contributed by atoms with E-state index in [0.717, 1.165) is 22.6 Å². The molecule has 0 fully saturated rings. The number of nitriles is 1. The van der Waals surface area contributed by atoms with Crippen LogP contribution in [0.15, 0.2) is 54.2 Å². The van der Waals surface area contributed by atoms with E-state index in [1.165, 1.54) is 5.56 Å². The topological polar surface area (TPSA) is 51.1 Å². The number of nitrogens with zero attached hydrogens (tertiary/aromatic N) is 2. The van der Waals surface area contributed by atoms with E-state index in [0.29, 0.717) is 12.2 Å². The lowest BCUT2D eigenvalue weighted by atomic mass is 10.1. The maximum absolute atomic E-state index is 9.09. The van der Waals surface area contributed by atoms with Gasteiger partial charge >= 0.3 is 0 Å². The van der Waals surface area contributed by atoms with E-state index in [-0.39, 0.29) is 0 Å². The summed E-state index contributed by atoms with van der Waals surface area (Å²) in [6.45, 7) is 4.81. The summed E-state index contributed by atoms with van der Waals surface area (Å²) in [5.74, 6) is 0. The highest BCUT2D eigenvalue weighted by atomic mass is 15.6. The molecule has 1 aliphatic rings. The third-order valence-electron chi connectivity index (χ3n) is 3.67. The van der Waals surface area contributed by atoms with Crippen molar-refractivity contribution in [1.29, 1.82) is 5.26 Å². The Hall–Kier alpha value is -2.93. The van der Waals surface area contributed by atoms with Gasteiger partial charge in [0.15, 0.2) is 0 Å². The van der Waals surface area contributed by atoms with Crippen LogP contribution in [0.3, 0.4) is 0 Å². The molecule has 3 rings (SSSR count). The highest BCUT2D eigenvalue weighted by Crippen LogP contribution is 2.27. The average Bonchev–Trinajstić information content (AvgIpc) is 2.88. The number of hydrazine groups is 1. The van der Waals surface area contributed by atoms with Crippen molar-refractivity contribution in [3.05, 3.63) is 70.9 Å². The third-order valence-corrected chi connectivity index (χ3v) is 3.67. The Kier molecular flexibility index (Phi) is 3.71. The Morgan fingerprint density at radius 3 is 2.73 bits per heavy atom. The zero-order valence-electron chi connectivity index (χ0n) is 12.7. The van der Waals surface area contributed by atoms with Crippen LogP contribution in [-0.2, 0) is 0 Å². The van der Waals surface area contributed by atoms with E-state index in [1.807, 2.05) is 43.3 Å². The number of allylic oxidation sites excluding steroid dienone is 1. The summed E-state index contributed by atoms with van der Waals surface area (Å²) in [6, 6.07) is 18.1. The maximum atomic E-state index is 9.09. The van der Waals surface area contributed by atoms with E-state index in [2.05, 4.69) is 40.9 Å². The standard InChI is InChI=1S/C18H18N4/c1-13-5-3-8-17(9-13)21-22-12-20-14(2)18(22)16-7-4-6-15(10-16)11-19/h3-10,20-21H,12H2,1-2H3. The second-order valence-corrected chi connectivity index (χ2v) is 5.41. The van der Waals surface area contributed by atoms with Gasteiger partial charge in [-0.3, -0.25) is 10.4 Å². The summed E-state index contributed by atoms with van der Waals surface area (Å²) >= 11 is 0. The molecular weight excluding hydrogens is 272 g/mol. The van der Waals surface area contributed by atoms with Gasteiger partial charge in [0.05, 0.1) is 23.0 Å². The summed E-state index contributed by atoms with van der Waals surface area (Å²) in [7, 11) is 0. The fourth-order valence-corrected chi connectivity index (χ4v) is 2.64. The van der Waals surface area contributed by atoms with Crippen LogP contribution in [-0.4, -0.2) is 11.7 Å². The highest BCUT2D eigenvalue weighted by molar-refractivity contribution is 5.70. The van der Waals surface area contributed by atoms with Crippen molar-refractivity contribution in [1.82, 2.24) is 10.3 Å². The van der Waals surface area contributed by atoms with Gasteiger partial charge in [0, 0.05) is 11.3 Å². The van der Waals surface area contributed by atoms with Crippen LogP contribution >= 0.6 is 0 Å². The lowest BCUT2D eigenvalue weighted by molar-refractivity contribution is 0.483. The molecule has 1 heterocycles. The van der Waals surface area contributed by atoms with Crippen LogP contribution in [0.5, 0.6) is 0 Å². The van der Waals surface area contributed by atoms with E-state index in [9.17, 15) is 0 Å². The van der Waals surface area contributed by atoms with Crippen LogP contribution in [0.1, 0.15) is 23.6 Å². The quantitative estimate of drug-likeness (QED) is 0.909. The van der Waals surface area contributed by atoms with Crippen molar-refractivity contribution in [2.75, 3.05) is 12.1 Å². The molecule has 0 bridgehead atoms. The Morgan fingerprint density at radius 2 is 1.95 bits per heavy atom. The molecule has 1 aliphatic heterocycles. The molecule has 0 spiro atoms. The van der Waals surface area contributed by atoms with Crippen LogP contribution < -0.4 is 10.7 Å². The molecule has 0 radical (unpaired) electrons. The molecule has 22 heavy (non-hydrogen) atoms. The maximum Gasteiger partial charge on any atom is 0.108 e. The van der Waals surface area contributed by atoms with Gasteiger partial charge in [-0.15, -0.1) is 0 Å². The molecule has 2 aromatic rings. The molecule has 0 aromatic heterocycles. The third kappa shape index (κ3) is 2.75. The van der Waals surface area contributed by atoms with Gasteiger partial charge in [-0.25, -0.2) is 0 Å². The first-order chi connectivity index (χ1) is 10.7. The summed E-state index contributed by atoms with van der Waals surface area (Å²) in [4.78, 5) is 0. The van der Waals surface area contributed by atoms with E-state index >= 15 is 0 Å². The van der Waals surface area contributed by atoms with Crippen molar-refractivity contribution in [2.45, 2.75) is 13.8 Å². The van der Waals surface area contributed by atoms with Crippen molar-refractivity contribution in [3.63, 3.8) is 0 Å². The number of nitrogens with one attached hydrogen (secondary N) is 2. The molecule has 0 amide bonds. The van der Waals surface area contributed by atoms with Crippen molar-refractivity contribution >= 4 is 11.4 Å². The predicted molar refractivity (Wildman–Crippen MR) is 88.4 cm³/mol. The fourth-order valence-electron chi connectivity index (χ4n) is 2.64. The number of aryl methyl sites for hydroxylation is 1. The summed E-state index contributed by atoms with van der Waals surface area (Å²) < 4.78 is 0. The Balaban J connectivity index is 1.91. The normalized spacial score (nSPS) is 13.8. The summed E-state index contributed by atoms with van der Waals surface area (Å²) in [5, 5.41) is 14.5. The average molecular weight is 290 g/mol. The monoisotopic (exact) mass is 290 g/mol. The van der Waals surface area contributed by atoms with Crippen LogP contribution in [0, 0.1) is 18.3 Å². The molecule has 0 saturated heterocycles. The van der Waals surface area contributed by atoms with Gasteiger partial charge in [-0.2, -0.15) is 5.26 Å². The lowest BCUT2D eigenvalue weighted by Gasteiger charge is -2.24. The Morgan fingerprint density at radius 1 is 1.14 bits per heavy atom. The smallest absolute Gasteiger partial charge is 0.108 e. The summed E-state index contributed by atoms with van der Waals surface area (Å²) in [5.41, 5.74) is 9.55. The largest absolute Gasteiger partial charge is 0.368 e. The fraction of sp³-hybridized carbons (Fsp3) is 0.167. The molecule has 2 N–H and O–H groups in total. The Bertz CT molecular complexity index is 771. The number of benzene rings is 2. The number of anilines is 1. The first-order valence-corrected chi connectivity index (χ1v) is 7.23. The van der Waals surface area contributed by atoms with Gasteiger partial charge in [0.25, 0.3) is 0 Å². The van der Waals surface area contributed by atoms with Crippen LogP contribution in [0.2, 0.25) is 0 Å². The van der Waals surface area contributed by atoms with Crippen molar-refractivity contribution < 1.29 is 0 Å². The van der Waals surface area contributed by atoms with Gasteiger partial charge in [0.2, 0.25) is 0 Å². The molecule has 0 unspecified atom stereocenters. The Labute approximate surface area is 130 Å². The highest BCUT2D eigenvalue weighted by Gasteiger charge is 2.21. The zero-order chi connectivity index (χ0) is 15.5.